The van der Waals surface area contributed by atoms with Gasteiger partial charge in [-0.15, -0.1) is 11.8 Å². The van der Waals surface area contributed by atoms with Gasteiger partial charge < -0.3 is 14.2 Å². The fraction of sp³-hybridized carbons (Fsp3) is 0.562. The molecule has 2 aliphatic rings. The minimum absolute atomic E-state index is 0.102. The second kappa shape index (κ2) is 5.58. The molecule has 3 rings (SSSR count). The van der Waals surface area contributed by atoms with Crippen LogP contribution in [-0.2, 0) is 9.31 Å². The van der Waals surface area contributed by atoms with Gasteiger partial charge in [-0.05, 0) is 45.3 Å². The molecule has 0 spiro atoms. The van der Waals surface area contributed by atoms with Crippen LogP contribution in [0.2, 0.25) is 0 Å². The molecule has 0 N–H and O–H groups in total. The standard InChI is InChI=1S/C16H22BNO3S/c1-15(2)16(3,4)21-17(20-15)13-7-5-12(6-8-13)14(19)18-9-10-22-11-18/h5-8H,9-11H2,1-4H3. The Labute approximate surface area is 136 Å². The van der Waals surface area contributed by atoms with Crippen molar-refractivity contribution in [2.45, 2.75) is 38.9 Å². The van der Waals surface area contributed by atoms with Crippen molar-refractivity contribution < 1.29 is 14.1 Å². The van der Waals surface area contributed by atoms with E-state index in [1.54, 1.807) is 11.8 Å². The van der Waals surface area contributed by atoms with Gasteiger partial charge in [0.2, 0.25) is 0 Å². The molecule has 2 heterocycles. The zero-order valence-corrected chi connectivity index (χ0v) is 14.4. The molecule has 0 radical (unpaired) electrons. The number of benzene rings is 1. The van der Waals surface area contributed by atoms with Crippen molar-refractivity contribution in [1.29, 1.82) is 0 Å². The minimum atomic E-state index is -0.378. The fourth-order valence-corrected chi connectivity index (χ4v) is 3.46. The first-order valence-electron chi connectivity index (χ1n) is 7.63. The number of hydrogen-bond acceptors (Lipinski definition) is 4. The SMILES string of the molecule is CC1(C)OB(c2ccc(C(=O)N3CCSC3)cc2)OC1(C)C. The molecule has 2 saturated heterocycles. The van der Waals surface area contributed by atoms with E-state index in [2.05, 4.69) is 0 Å². The number of hydrogen-bond donors (Lipinski definition) is 0. The third-order valence-electron chi connectivity index (χ3n) is 4.72. The molecule has 0 atom stereocenters. The molecule has 4 nitrogen and oxygen atoms in total. The molecule has 6 heteroatoms. The van der Waals surface area contributed by atoms with Crippen LogP contribution in [0, 0.1) is 0 Å². The lowest BCUT2D eigenvalue weighted by Gasteiger charge is -2.32. The summed E-state index contributed by atoms with van der Waals surface area (Å²) in [6.45, 7) is 8.99. The molecule has 0 unspecified atom stereocenters. The molecule has 1 aromatic rings. The normalized spacial score (nSPS) is 23.1. The highest BCUT2D eigenvalue weighted by Crippen LogP contribution is 2.36. The van der Waals surface area contributed by atoms with E-state index in [4.69, 9.17) is 9.31 Å². The highest BCUT2D eigenvalue weighted by atomic mass is 32.2. The van der Waals surface area contributed by atoms with Crippen LogP contribution in [0.4, 0.5) is 0 Å². The Bertz CT molecular complexity index is 551. The maximum absolute atomic E-state index is 12.3. The number of nitrogens with zero attached hydrogens (tertiary/aromatic N) is 1. The summed E-state index contributed by atoms with van der Waals surface area (Å²) in [6, 6.07) is 7.59. The van der Waals surface area contributed by atoms with E-state index in [0.717, 1.165) is 29.2 Å². The fourth-order valence-electron chi connectivity index (χ4n) is 2.52. The van der Waals surface area contributed by atoms with Crippen molar-refractivity contribution in [2.24, 2.45) is 0 Å². The first-order chi connectivity index (χ1) is 10.3. The zero-order valence-electron chi connectivity index (χ0n) is 13.6. The highest BCUT2D eigenvalue weighted by molar-refractivity contribution is 7.99. The van der Waals surface area contributed by atoms with Crippen LogP contribution in [-0.4, -0.2) is 47.3 Å². The Morgan fingerprint density at radius 3 is 2.23 bits per heavy atom. The average Bonchev–Trinajstić information content (AvgIpc) is 3.05. The molecule has 2 fully saturated rings. The van der Waals surface area contributed by atoms with E-state index in [-0.39, 0.29) is 24.2 Å². The van der Waals surface area contributed by atoms with E-state index < -0.39 is 0 Å². The van der Waals surface area contributed by atoms with Crippen LogP contribution < -0.4 is 5.46 Å². The van der Waals surface area contributed by atoms with Gasteiger partial charge in [0.15, 0.2) is 0 Å². The van der Waals surface area contributed by atoms with Crippen molar-refractivity contribution in [1.82, 2.24) is 4.90 Å². The van der Waals surface area contributed by atoms with Gasteiger partial charge in [-0.25, -0.2) is 0 Å². The quantitative estimate of drug-likeness (QED) is 0.783. The average molecular weight is 319 g/mol. The number of thioether (sulfide) groups is 1. The predicted molar refractivity (Wildman–Crippen MR) is 90.5 cm³/mol. The van der Waals surface area contributed by atoms with E-state index >= 15 is 0 Å². The van der Waals surface area contributed by atoms with E-state index in [1.165, 1.54) is 0 Å². The molecule has 2 aliphatic heterocycles. The highest BCUT2D eigenvalue weighted by Gasteiger charge is 2.51. The van der Waals surface area contributed by atoms with Gasteiger partial charge in [-0.3, -0.25) is 4.79 Å². The molecule has 0 aromatic heterocycles. The van der Waals surface area contributed by atoms with Crippen LogP contribution in [0.5, 0.6) is 0 Å². The number of carbonyl (C=O) groups is 1. The van der Waals surface area contributed by atoms with Crippen molar-refractivity contribution in [3.63, 3.8) is 0 Å². The van der Waals surface area contributed by atoms with Gasteiger partial charge in [0, 0.05) is 17.9 Å². The summed E-state index contributed by atoms with van der Waals surface area (Å²) in [5.41, 5.74) is 0.978. The lowest BCUT2D eigenvalue weighted by Crippen LogP contribution is -2.41. The van der Waals surface area contributed by atoms with Crippen molar-refractivity contribution in [3.05, 3.63) is 29.8 Å². The summed E-state index contributed by atoms with van der Waals surface area (Å²) in [5, 5.41) is 0. The zero-order chi connectivity index (χ0) is 16.0. The lowest BCUT2D eigenvalue weighted by atomic mass is 9.79. The molecule has 0 saturated carbocycles. The molecule has 1 amide bonds. The summed E-state index contributed by atoms with van der Waals surface area (Å²) in [7, 11) is -0.378. The molecular weight excluding hydrogens is 297 g/mol. The predicted octanol–water partition coefficient (Wildman–Crippen LogP) is 2.13. The molecule has 22 heavy (non-hydrogen) atoms. The molecule has 118 valence electrons. The third kappa shape index (κ3) is 2.80. The van der Waals surface area contributed by atoms with Crippen molar-refractivity contribution >= 4 is 30.3 Å². The Balaban J connectivity index is 1.74. The summed E-state index contributed by atoms with van der Waals surface area (Å²) in [6.07, 6.45) is 0. The van der Waals surface area contributed by atoms with Crippen LogP contribution in [0.25, 0.3) is 0 Å². The third-order valence-corrected chi connectivity index (χ3v) is 5.69. The summed E-state index contributed by atoms with van der Waals surface area (Å²) < 4.78 is 12.1. The molecule has 0 aliphatic carbocycles. The van der Waals surface area contributed by atoms with E-state index in [9.17, 15) is 4.79 Å². The van der Waals surface area contributed by atoms with Crippen LogP contribution in [0.15, 0.2) is 24.3 Å². The van der Waals surface area contributed by atoms with Crippen molar-refractivity contribution in [3.8, 4) is 0 Å². The Hall–Kier alpha value is -0.975. The molecule has 0 bridgehead atoms. The molecule has 1 aromatic carbocycles. The number of amides is 1. The van der Waals surface area contributed by atoms with E-state index in [1.807, 2.05) is 56.9 Å². The van der Waals surface area contributed by atoms with Gasteiger partial charge in [0.05, 0.1) is 17.1 Å². The lowest BCUT2D eigenvalue weighted by molar-refractivity contribution is 0.00578. The topological polar surface area (TPSA) is 38.8 Å². The monoisotopic (exact) mass is 319 g/mol. The van der Waals surface area contributed by atoms with Gasteiger partial charge in [-0.2, -0.15) is 0 Å². The second-order valence-corrected chi connectivity index (χ2v) is 7.89. The Kier molecular flexibility index (Phi) is 4.04. The Morgan fingerprint density at radius 1 is 1.14 bits per heavy atom. The van der Waals surface area contributed by atoms with Crippen molar-refractivity contribution in [2.75, 3.05) is 18.2 Å². The first-order valence-corrected chi connectivity index (χ1v) is 8.78. The van der Waals surface area contributed by atoms with Gasteiger partial charge >= 0.3 is 7.12 Å². The van der Waals surface area contributed by atoms with Crippen LogP contribution in [0.3, 0.4) is 0 Å². The Morgan fingerprint density at radius 2 is 1.73 bits per heavy atom. The maximum Gasteiger partial charge on any atom is 0.494 e. The second-order valence-electron chi connectivity index (χ2n) is 6.82. The van der Waals surface area contributed by atoms with Crippen LogP contribution >= 0.6 is 11.8 Å². The van der Waals surface area contributed by atoms with Gasteiger partial charge in [-0.1, -0.05) is 12.1 Å². The number of carbonyl (C=O) groups excluding carboxylic acids is 1. The number of rotatable bonds is 2. The summed E-state index contributed by atoms with van der Waals surface area (Å²) >= 11 is 1.79. The smallest absolute Gasteiger partial charge is 0.399 e. The van der Waals surface area contributed by atoms with E-state index in [0.29, 0.717) is 0 Å². The molecular formula is C16H22BNO3S. The first kappa shape index (κ1) is 15.9. The van der Waals surface area contributed by atoms with Gasteiger partial charge in [0.1, 0.15) is 0 Å². The summed E-state index contributed by atoms with van der Waals surface area (Å²) in [4.78, 5) is 14.2. The minimum Gasteiger partial charge on any atom is -0.399 e. The summed E-state index contributed by atoms with van der Waals surface area (Å²) in [5.74, 6) is 1.92. The van der Waals surface area contributed by atoms with Gasteiger partial charge in [0.25, 0.3) is 5.91 Å². The maximum atomic E-state index is 12.3. The largest absolute Gasteiger partial charge is 0.494 e. The van der Waals surface area contributed by atoms with Crippen LogP contribution in [0.1, 0.15) is 38.1 Å².